The van der Waals surface area contributed by atoms with E-state index in [-0.39, 0.29) is 5.92 Å². The van der Waals surface area contributed by atoms with Crippen molar-refractivity contribution >= 4 is 34.4 Å². The summed E-state index contributed by atoms with van der Waals surface area (Å²) >= 11 is 0. The lowest BCUT2D eigenvalue weighted by molar-refractivity contribution is -0.112. The zero-order valence-electron chi connectivity index (χ0n) is 25.4. The van der Waals surface area contributed by atoms with Crippen LogP contribution in [0.4, 0.5) is 17.2 Å². The van der Waals surface area contributed by atoms with Crippen LogP contribution in [0.2, 0.25) is 0 Å². The van der Waals surface area contributed by atoms with Crippen molar-refractivity contribution in [3.63, 3.8) is 0 Å². The number of likely N-dealkylation sites (N-methyl/N-ethyl adjacent to an activating group) is 2. The Bertz CT molecular complexity index is 1530. The topological polar surface area (TPSA) is 73.2 Å². The first-order valence-electron chi connectivity index (χ1n) is 14.9. The molecule has 1 aliphatic rings. The number of carbonyl (C=O) groups excluding carboxylic acids is 2. The van der Waals surface area contributed by atoms with Crippen LogP contribution in [0.5, 0.6) is 0 Å². The van der Waals surface area contributed by atoms with Crippen LogP contribution in [0.3, 0.4) is 0 Å². The lowest BCUT2D eigenvalue weighted by atomic mass is 9.88. The first-order valence-corrected chi connectivity index (χ1v) is 14.9. The molecule has 1 aliphatic heterocycles. The van der Waals surface area contributed by atoms with Gasteiger partial charge in [0, 0.05) is 55.5 Å². The number of fused-ring (bicyclic) bond motifs is 1. The van der Waals surface area contributed by atoms with Crippen molar-refractivity contribution in [1.29, 1.82) is 0 Å². The third kappa shape index (κ3) is 6.49. The van der Waals surface area contributed by atoms with Gasteiger partial charge in [0.1, 0.15) is 11.5 Å². The van der Waals surface area contributed by atoms with Gasteiger partial charge in [-0.1, -0.05) is 6.07 Å². The number of Topliss-reactive ketones (excluding diaryl/α,β-unsaturated/α-hetero) is 1. The van der Waals surface area contributed by atoms with E-state index < -0.39 is 11.7 Å². The summed E-state index contributed by atoms with van der Waals surface area (Å²) in [6.07, 6.45) is 3.82. The molecule has 0 radical (unpaired) electrons. The van der Waals surface area contributed by atoms with E-state index in [0.717, 1.165) is 73.8 Å². The Hall–Kier alpha value is -4.17. The van der Waals surface area contributed by atoms with Gasteiger partial charge in [-0.05, 0) is 125 Å². The van der Waals surface area contributed by atoms with Crippen LogP contribution in [-0.2, 0) is 4.79 Å². The van der Waals surface area contributed by atoms with Crippen molar-refractivity contribution in [1.82, 2.24) is 14.3 Å². The maximum atomic E-state index is 13.6. The quantitative estimate of drug-likeness (QED) is 0.201. The second-order valence-electron chi connectivity index (χ2n) is 11.5. The van der Waals surface area contributed by atoms with Crippen molar-refractivity contribution in [2.45, 2.75) is 39.5 Å². The Labute approximate surface area is 249 Å². The molecule has 1 saturated heterocycles. The fourth-order valence-electron chi connectivity index (χ4n) is 5.94. The predicted octanol–water partition coefficient (Wildman–Crippen LogP) is 5.54. The molecule has 1 aromatic carbocycles. The molecule has 5 rings (SSSR count). The largest absolute Gasteiger partial charge is 0.370 e. The van der Waals surface area contributed by atoms with Crippen LogP contribution in [0.15, 0.2) is 66.9 Å². The minimum atomic E-state index is -0.615. The first-order chi connectivity index (χ1) is 20.2. The number of likely N-dealkylation sites (tertiary alicyclic amines) is 1. The molecule has 0 atom stereocenters. The number of nitrogens with one attached hydrogen (secondary N) is 1. The zero-order valence-corrected chi connectivity index (χ0v) is 25.4. The molecule has 0 saturated carbocycles. The fourth-order valence-corrected chi connectivity index (χ4v) is 5.94. The average molecular weight is 567 g/mol. The number of benzene rings is 1. The summed E-state index contributed by atoms with van der Waals surface area (Å²) in [6.45, 7) is 10.7. The SMILES string of the molecule is CCN(CCN(C)c1cc(C)cc(C)n1)c1ccc(NC(=O)C(=O)c2c(C3CCN(C)CC3)cc3ccccn23)cc1. The minimum Gasteiger partial charge on any atom is -0.370 e. The van der Waals surface area contributed by atoms with E-state index >= 15 is 0 Å². The number of rotatable bonds is 10. The number of amides is 1. The molecule has 0 aliphatic carbocycles. The third-order valence-corrected chi connectivity index (χ3v) is 8.34. The first kappa shape index (κ1) is 29.3. The number of aromatic nitrogens is 2. The zero-order chi connectivity index (χ0) is 29.8. The molecule has 1 amide bonds. The summed E-state index contributed by atoms with van der Waals surface area (Å²) in [6, 6.07) is 19.8. The monoisotopic (exact) mass is 566 g/mol. The second kappa shape index (κ2) is 12.8. The summed E-state index contributed by atoms with van der Waals surface area (Å²) in [7, 11) is 4.19. The predicted molar refractivity (Wildman–Crippen MR) is 171 cm³/mol. The van der Waals surface area contributed by atoms with Gasteiger partial charge in [0.05, 0.1) is 0 Å². The molecule has 8 nitrogen and oxygen atoms in total. The number of nitrogens with zero attached hydrogens (tertiary/aromatic N) is 5. The van der Waals surface area contributed by atoms with E-state index in [1.54, 1.807) is 0 Å². The Morgan fingerprint density at radius 1 is 1.00 bits per heavy atom. The summed E-state index contributed by atoms with van der Waals surface area (Å²) in [5, 5.41) is 2.85. The van der Waals surface area contributed by atoms with Gasteiger partial charge in [-0.3, -0.25) is 9.59 Å². The number of ketones is 1. The van der Waals surface area contributed by atoms with E-state index in [4.69, 9.17) is 0 Å². The van der Waals surface area contributed by atoms with Crippen molar-refractivity contribution < 1.29 is 9.59 Å². The van der Waals surface area contributed by atoms with Gasteiger partial charge in [0.2, 0.25) is 0 Å². The van der Waals surface area contributed by atoms with Gasteiger partial charge < -0.3 is 24.4 Å². The van der Waals surface area contributed by atoms with Crippen LogP contribution in [0, 0.1) is 13.8 Å². The molecule has 8 heteroatoms. The summed E-state index contributed by atoms with van der Waals surface area (Å²) in [5.74, 6) is 0.117. The van der Waals surface area contributed by atoms with E-state index in [2.05, 4.69) is 71.1 Å². The van der Waals surface area contributed by atoms with Crippen molar-refractivity contribution in [3.8, 4) is 0 Å². The smallest absolute Gasteiger partial charge is 0.298 e. The molecule has 1 N–H and O–H groups in total. The average Bonchev–Trinajstić information content (AvgIpc) is 3.37. The van der Waals surface area contributed by atoms with Crippen molar-refractivity contribution in [2.24, 2.45) is 0 Å². The highest BCUT2D eigenvalue weighted by Crippen LogP contribution is 2.33. The molecule has 0 bridgehead atoms. The molecule has 0 unspecified atom stereocenters. The highest BCUT2D eigenvalue weighted by Gasteiger charge is 2.29. The Kier molecular flexibility index (Phi) is 8.92. The number of piperidine rings is 1. The molecule has 42 heavy (non-hydrogen) atoms. The van der Waals surface area contributed by atoms with Crippen LogP contribution in [0.1, 0.15) is 53.0 Å². The number of pyridine rings is 2. The molecule has 1 fully saturated rings. The maximum Gasteiger partial charge on any atom is 0.298 e. The van der Waals surface area contributed by atoms with E-state index in [1.165, 1.54) is 5.56 Å². The number of aryl methyl sites for hydroxylation is 2. The van der Waals surface area contributed by atoms with Gasteiger partial charge in [0.15, 0.2) is 0 Å². The Balaban J connectivity index is 1.26. The number of anilines is 3. The molecule has 3 aromatic heterocycles. The normalized spacial score (nSPS) is 14.2. The van der Waals surface area contributed by atoms with Gasteiger partial charge in [-0.2, -0.15) is 0 Å². The highest BCUT2D eigenvalue weighted by molar-refractivity contribution is 6.46. The van der Waals surface area contributed by atoms with Crippen LogP contribution in [0.25, 0.3) is 5.52 Å². The molecule has 4 heterocycles. The molecular weight excluding hydrogens is 524 g/mol. The molecular formula is C34H42N6O2. The van der Waals surface area contributed by atoms with E-state index in [9.17, 15) is 9.59 Å². The van der Waals surface area contributed by atoms with Crippen LogP contribution >= 0.6 is 0 Å². The summed E-state index contributed by atoms with van der Waals surface area (Å²) in [4.78, 5) is 38.3. The van der Waals surface area contributed by atoms with Crippen LogP contribution < -0.4 is 15.1 Å². The summed E-state index contributed by atoms with van der Waals surface area (Å²) < 4.78 is 1.86. The van der Waals surface area contributed by atoms with Crippen LogP contribution in [-0.4, -0.2) is 72.8 Å². The maximum absolute atomic E-state index is 13.6. The Morgan fingerprint density at radius 2 is 1.74 bits per heavy atom. The standard InChI is InChI=1S/C34H42N6O2/c1-6-39(20-19-38(5)31-22-24(2)21-25(3)35-31)28-12-10-27(11-13-28)36-34(42)33(41)32-30(26-14-17-37(4)18-15-26)23-29-9-7-8-16-40(29)32/h7-13,16,21-23,26H,6,14-15,17-20H2,1-5H3,(H,36,42). The summed E-state index contributed by atoms with van der Waals surface area (Å²) in [5.41, 5.74) is 6.28. The van der Waals surface area contributed by atoms with E-state index in [1.807, 2.05) is 60.0 Å². The highest BCUT2D eigenvalue weighted by atomic mass is 16.2. The van der Waals surface area contributed by atoms with Gasteiger partial charge in [-0.15, -0.1) is 0 Å². The second-order valence-corrected chi connectivity index (χ2v) is 11.5. The van der Waals surface area contributed by atoms with Gasteiger partial charge in [-0.25, -0.2) is 4.98 Å². The lowest BCUT2D eigenvalue weighted by Gasteiger charge is -2.29. The van der Waals surface area contributed by atoms with E-state index in [0.29, 0.717) is 11.4 Å². The van der Waals surface area contributed by atoms with Gasteiger partial charge >= 0.3 is 0 Å². The minimum absolute atomic E-state index is 0.261. The number of carbonyl (C=O) groups is 2. The molecule has 220 valence electrons. The number of hydrogen-bond donors (Lipinski definition) is 1. The van der Waals surface area contributed by atoms with Crippen molar-refractivity contribution in [2.75, 3.05) is 61.9 Å². The molecule has 0 spiro atoms. The Morgan fingerprint density at radius 3 is 2.43 bits per heavy atom. The number of hydrogen-bond acceptors (Lipinski definition) is 6. The van der Waals surface area contributed by atoms with Crippen molar-refractivity contribution in [3.05, 3.63) is 89.4 Å². The lowest BCUT2D eigenvalue weighted by Crippen LogP contribution is -2.33. The molecule has 4 aromatic rings. The third-order valence-electron chi connectivity index (χ3n) is 8.34. The fraction of sp³-hybridized carbons (Fsp3) is 0.382. The van der Waals surface area contributed by atoms with Gasteiger partial charge in [0.25, 0.3) is 11.7 Å².